The Morgan fingerprint density at radius 1 is 1.38 bits per heavy atom. The summed E-state index contributed by atoms with van der Waals surface area (Å²) in [5.74, 6) is 0.882. The first-order chi connectivity index (χ1) is 10.1. The van der Waals surface area contributed by atoms with Crippen molar-refractivity contribution in [3.05, 3.63) is 22.9 Å². The lowest BCUT2D eigenvalue weighted by Crippen LogP contribution is -2.22. The predicted molar refractivity (Wildman–Crippen MR) is 94.0 cm³/mol. The summed E-state index contributed by atoms with van der Waals surface area (Å²) in [4.78, 5) is 5.27. The predicted octanol–water partition coefficient (Wildman–Crippen LogP) is 3.98. The van der Waals surface area contributed by atoms with Crippen molar-refractivity contribution in [3.8, 4) is 0 Å². The standard InChI is InChI=1S/C17H27N3S/c1-3-4-5-8-12(2)19-17-14(16(18)21)11-13-9-6-7-10-15(13)20-17/h11-12H,3-10H2,1-2H3,(H2,18,21)(H,19,20). The van der Waals surface area contributed by atoms with Crippen LogP contribution >= 0.6 is 12.2 Å². The monoisotopic (exact) mass is 305 g/mol. The summed E-state index contributed by atoms with van der Waals surface area (Å²) in [6, 6.07) is 2.56. The van der Waals surface area contributed by atoms with E-state index in [4.69, 9.17) is 22.9 Å². The summed E-state index contributed by atoms with van der Waals surface area (Å²) in [5, 5.41) is 3.52. The van der Waals surface area contributed by atoms with Crippen LogP contribution in [0.3, 0.4) is 0 Å². The molecule has 0 aromatic carbocycles. The van der Waals surface area contributed by atoms with Crippen LogP contribution < -0.4 is 11.1 Å². The Kier molecular flexibility index (Phi) is 5.97. The molecule has 116 valence electrons. The molecule has 3 nitrogen and oxygen atoms in total. The number of aryl methyl sites for hydroxylation is 2. The molecule has 0 fully saturated rings. The van der Waals surface area contributed by atoms with E-state index < -0.39 is 0 Å². The highest BCUT2D eigenvalue weighted by atomic mass is 32.1. The molecule has 4 heteroatoms. The van der Waals surface area contributed by atoms with Crippen LogP contribution in [0.4, 0.5) is 5.82 Å². The molecule has 1 aromatic heterocycles. The van der Waals surface area contributed by atoms with Crippen LogP contribution in [0.15, 0.2) is 6.07 Å². The number of nitrogens with zero attached hydrogens (tertiary/aromatic N) is 1. The van der Waals surface area contributed by atoms with Gasteiger partial charge in [-0.2, -0.15) is 0 Å². The van der Waals surface area contributed by atoms with Crippen LogP contribution in [0.2, 0.25) is 0 Å². The van der Waals surface area contributed by atoms with Crippen LogP contribution in [0.5, 0.6) is 0 Å². The Bertz CT molecular complexity index is 499. The van der Waals surface area contributed by atoms with Crippen molar-refractivity contribution in [1.29, 1.82) is 0 Å². The number of nitrogens with one attached hydrogen (secondary N) is 1. The van der Waals surface area contributed by atoms with E-state index in [0.29, 0.717) is 11.0 Å². The second-order valence-electron chi connectivity index (χ2n) is 6.10. The third-order valence-electron chi connectivity index (χ3n) is 4.19. The number of hydrogen-bond donors (Lipinski definition) is 2. The summed E-state index contributed by atoms with van der Waals surface area (Å²) in [5.41, 5.74) is 9.36. The minimum atomic E-state index is 0.402. The minimum Gasteiger partial charge on any atom is -0.389 e. The van der Waals surface area contributed by atoms with Gasteiger partial charge in [0.25, 0.3) is 0 Å². The van der Waals surface area contributed by atoms with E-state index in [1.807, 2.05) is 0 Å². The van der Waals surface area contributed by atoms with E-state index in [1.54, 1.807) is 0 Å². The molecule has 0 radical (unpaired) electrons. The van der Waals surface area contributed by atoms with Crippen LogP contribution in [0, 0.1) is 0 Å². The molecular formula is C17H27N3S. The van der Waals surface area contributed by atoms with Gasteiger partial charge in [0, 0.05) is 11.7 Å². The molecule has 21 heavy (non-hydrogen) atoms. The normalized spacial score (nSPS) is 15.3. The van der Waals surface area contributed by atoms with Gasteiger partial charge in [-0.1, -0.05) is 38.4 Å². The zero-order valence-corrected chi connectivity index (χ0v) is 14.1. The van der Waals surface area contributed by atoms with Gasteiger partial charge in [0.05, 0.1) is 5.56 Å². The highest BCUT2D eigenvalue weighted by Crippen LogP contribution is 2.25. The van der Waals surface area contributed by atoms with Gasteiger partial charge >= 0.3 is 0 Å². The first kappa shape index (κ1) is 16.2. The first-order valence-electron chi connectivity index (χ1n) is 8.21. The molecule has 0 bridgehead atoms. The lowest BCUT2D eigenvalue weighted by Gasteiger charge is -2.21. The molecule has 0 saturated carbocycles. The molecule has 1 aromatic rings. The maximum atomic E-state index is 5.90. The number of anilines is 1. The van der Waals surface area contributed by atoms with Gasteiger partial charge in [-0.05, 0) is 50.7 Å². The van der Waals surface area contributed by atoms with Crippen LogP contribution in [0.1, 0.15) is 69.2 Å². The molecular weight excluding hydrogens is 278 g/mol. The summed E-state index contributed by atoms with van der Waals surface area (Å²) in [6.07, 6.45) is 9.59. The van der Waals surface area contributed by atoms with Gasteiger partial charge in [-0.25, -0.2) is 4.98 Å². The summed E-state index contributed by atoms with van der Waals surface area (Å²) in [6.45, 7) is 4.44. The zero-order valence-electron chi connectivity index (χ0n) is 13.2. The van der Waals surface area contributed by atoms with Crippen molar-refractivity contribution in [2.24, 2.45) is 5.73 Å². The van der Waals surface area contributed by atoms with E-state index >= 15 is 0 Å². The average Bonchev–Trinajstić information content (AvgIpc) is 2.46. The van der Waals surface area contributed by atoms with Gasteiger partial charge in [-0.15, -0.1) is 0 Å². The van der Waals surface area contributed by atoms with Gasteiger partial charge in [-0.3, -0.25) is 0 Å². The van der Waals surface area contributed by atoms with Crippen molar-refractivity contribution >= 4 is 23.0 Å². The van der Waals surface area contributed by atoms with Crippen molar-refractivity contribution in [3.63, 3.8) is 0 Å². The summed E-state index contributed by atoms with van der Waals surface area (Å²) >= 11 is 5.21. The molecule has 1 unspecified atom stereocenters. The highest BCUT2D eigenvalue weighted by Gasteiger charge is 2.17. The van der Waals surface area contributed by atoms with E-state index in [9.17, 15) is 0 Å². The maximum absolute atomic E-state index is 5.90. The number of unbranched alkanes of at least 4 members (excludes halogenated alkanes) is 2. The molecule has 1 aliphatic rings. The zero-order chi connectivity index (χ0) is 15.2. The molecule has 0 spiro atoms. The van der Waals surface area contributed by atoms with Gasteiger partial charge in [0.1, 0.15) is 10.8 Å². The average molecular weight is 305 g/mol. The Hall–Kier alpha value is -1.16. The molecule has 1 heterocycles. The SMILES string of the molecule is CCCCCC(C)Nc1nc2c(cc1C(N)=S)CCCC2. The fourth-order valence-electron chi connectivity index (χ4n) is 2.94. The lowest BCUT2D eigenvalue weighted by molar-refractivity contribution is 0.612. The Balaban J connectivity index is 2.14. The fourth-order valence-corrected chi connectivity index (χ4v) is 3.09. The first-order valence-corrected chi connectivity index (χ1v) is 8.61. The molecule has 1 aliphatic carbocycles. The topological polar surface area (TPSA) is 50.9 Å². The second kappa shape index (κ2) is 7.74. The molecule has 3 N–H and O–H groups in total. The lowest BCUT2D eigenvalue weighted by atomic mass is 9.94. The maximum Gasteiger partial charge on any atom is 0.136 e. The fraction of sp³-hybridized carbons (Fsp3) is 0.647. The smallest absolute Gasteiger partial charge is 0.136 e. The number of thiocarbonyl (C=S) groups is 1. The molecule has 1 atom stereocenters. The number of nitrogens with two attached hydrogens (primary N) is 1. The molecule has 2 rings (SSSR count). The minimum absolute atomic E-state index is 0.402. The summed E-state index contributed by atoms with van der Waals surface area (Å²) < 4.78 is 0. The molecule has 0 amide bonds. The van der Waals surface area contributed by atoms with E-state index in [2.05, 4.69) is 25.2 Å². The Labute approximate surface area is 133 Å². The Morgan fingerprint density at radius 3 is 2.86 bits per heavy atom. The number of fused-ring (bicyclic) bond motifs is 1. The third kappa shape index (κ3) is 4.40. The van der Waals surface area contributed by atoms with Gasteiger partial charge in [0.15, 0.2) is 0 Å². The largest absolute Gasteiger partial charge is 0.389 e. The van der Waals surface area contributed by atoms with Crippen LogP contribution in [-0.2, 0) is 12.8 Å². The van der Waals surface area contributed by atoms with Gasteiger partial charge in [0.2, 0.25) is 0 Å². The highest BCUT2D eigenvalue weighted by molar-refractivity contribution is 7.80. The van der Waals surface area contributed by atoms with Crippen molar-refractivity contribution < 1.29 is 0 Å². The molecule has 0 saturated heterocycles. The van der Waals surface area contributed by atoms with E-state index in [0.717, 1.165) is 30.6 Å². The van der Waals surface area contributed by atoms with E-state index in [-0.39, 0.29) is 0 Å². The number of hydrogen-bond acceptors (Lipinski definition) is 3. The number of rotatable bonds is 7. The second-order valence-corrected chi connectivity index (χ2v) is 6.54. The van der Waals surface area contributed by atoms with Crippen molar-refractivity contribution in [2.45, 2.75) is 71.3 Å². The quantitative estimate of drug-likeness (QED) is 0.591. The third-order valence-corrected chi connectivity index (χ3v) is 4.41. The van der Waals surface area contributed by atoms with E-state index in [1.165, 1.54) is 43.4 Å². The van der Waals surface area contributed by atoms with Crippen molar-refractivity contribution in [1.82, 2.24) is 4.98 Å². The Morgan fingerprint density at radius 2 is 2.14 bits per heavy atom. The number of pyridine rings is 1. The van der Waals surface area contributed by atoms with Crippen LogP contribution in [-0.4, -0.2) is 16.0 Å². The molecule has 0 aliphatic heterocycles. The van der Waals surface area contributed by atoms with Crippen molar-refractivity contribution in [2.75, 3.05) is 5.32 Å². The number of aromatic nitrogens is 1. The summed E-state index contributed by atoms with van der Waals surface area (Å²) in [7, 11) is 0. The van der Waals surface area contributed by atoms with Gasteiger partial charge < -0.3 is 11.1 Å². The van der Waals surface area contributed by atoms with Crippen LogP contribution in [0.25, 0.3) is 0 Å².